The Balaban J connectivity index is 1.09. The maximum atomic E-state index is 2.53. The fraction of sp³-hybridized carbons (Fsp3) is 0.0294. The third-order valence-corrected chi connectivity index (χ3v) is 14.8. The van der Waals surface area contributed by atoms with Crippen molar-refractivity contribution in [2.45, 2.75) is 10.8 Å². The topological polar surface area (TPSA) is 6.48 Å². The molecule has 0 N–H and O–H groups in total. The zero-order valence-electron chi connectivity index (χ0n) is 38.6. The minimum atomic E-state index is -0.638. The van der Waals surface area contributed by atoms with Gasteiger partial charge in [-0.1, -0.05) is 218 Å². The molecule has 11 aromatic rings. The zero-order valence-corrected chi connectivity index (χ0v) is 38.6. The highest BCUT2D eigenvalue weighted by atomic mass is 15.1. The molecule has 2 heteroatoms. The number of benzene rings is 11. The molecule has 2 bridgehead atoms. The third-order valence-electron chi connectivity index (χ3n) is 14.8. The van der Waals surface area contributed by atoms with Crippen LogP contribution in [0.1, 0.15) is 44.5 Å². The highest BCUT2D eigenvalue weighted by molar-refractivity contribution is 5.93. The fourth-order valence-electron chi connectivity index (χ4n) is 12.0. The first kappa shape index (κ1) is 41.2. The van der Waals surface area contributed by atoms with Crippen molar-refractivity contribution in [3.05, 3.63) is 336 Å². The van der Waals surface area contributed by atoms with Crippen LogP contribution >= 0.6 is 0 Å². The smallest absolute Gasteiger partial charge is 0.0711 e. The van der Waals surface area contributed by atoms with Gasteiger partial charge in [-0.15, -0.1) is 0 Å². The van der Waals surface area contributed by atoms with Crippen molar-refractivity contribution in [3.63, 3.8) is 0 Å². The summed E-state index contributed by atoms with van der Waals surface area (Å²) in [6.45, 7) is 0. The van der Waals surface area contributed by atoms with Crippen molar-refractivity contribution < 1.29 is 0 Å². The molecule has 70 heavy (non-hydrogen) atoms. The van der Waals surface area contributed by atoms with Crippen LogP contribution in [0.4, 0.5) is 34.1 Å². The summed E-state index contributed by atoms with van der Waals surface area (Å²) in [6, 6.07) is 107. The Morgan fingerprint density at radius 1 is 0.214 bits per heavy atom. The normalized spacial score (nSPS) is 16.1. The molecule has 2 atom stereocenters. The van der Waals surface area contributed by atoms with E-state index in [4.69, 9.17) is 0 Å². The van der Waals surface area contributed by atoms with E-state index in [0.717, 1.165) is 34.1 Å². The van der Waals surface area contributed by atoms with E-state index in [9.17, 15) is 0 Å². The van der Waals surface area contributed by atoms with Crippen LogP contribution < -0.4 is 9.80 Å². The number of anilines is 6. The highest BCUT2D eigenvalue weighted by Crippen LogP contribution is 2.67. The SMILES string of the molecule is c1ccc(N(c2ccccc2)c2ccccc2-c2ccc3c(c2)C2(c4ccccc4)c4ccccc4C3(c3ccccc3)c3cc(-c4ccccc4N(c4ccccc4)c4ccccc4)ccc32)cc1. The molecule has 0 saturated carbocycles. The van der Waals surface area contributed by atoms with Crippen LogP contribution in [0.15, 0.2) is 291 Å². The maximum absolute atomic E-state index is 2.53. The second-order valence-corrected chi connectivity index (χ2v) is 18.3. The van der Waals surface area contributed by atoms with Gasteiger partial charge in [-0.25, -0.2) is 0 Å². The highest BCUT2D eigenvalue weighted by Gasteiger charge is 2.60. The number of hydrogen-bond donors (Lipinski definition) is 0. The summed E-state index contributed by atoms with van der Waals surface area (Å²) in [5, 5.41) is 0. The first-order valence-corrected chi connectivity index (χ1v) is 24.3. The lowest BCUT2D eigenvalue weighted by molar-refractivity contribution is 0.557. The molecule has 0 aromatic heterocycles. The van der Waals surface area contributed by atoms with Gasteiger partial charge in [-0.3, -0.25) is 0 Å². The van der Waals surface area contributed by atoms with Gasteiger partial charge in [0, 0.05) is 33.9 Å². The number of hydrogen-bond acceptors (Lipinski definition) is 2. The lowest BCUT2D eigenvalue weighted by Crippen LogP contribution is -2.52. The molecule has 0 aliphatic heterocycles. The molecule has 0 amide bonds. The Morgan fingerprint density at radius 2 is 0.486 bits per heavy atom. The minimum Gasteiger partial charge on any atom is -0.310 e. The Morgan fingerprint density at radius 3 is 0.829 bits per heavy atom. The van der Waals surface area contributed by atoms with E-state index < -0.39 is 10.8 Å². The van der Waals surface area contributed by atoms with Crippen LogP contribution in [-0.4, -0.2) is 0 Å². The molecular formula is C68H48N2. The van der Waals surface area contributed by atoms with Crippen LogP contribution in [0.25, 0.3) is 22.3 Å². The Hall–Kier alpha value is -8.98. The molecule has 0 heterocycles. The summed E-state index contributed by atoms with van der Waals surface area (Å²) in [7, 11) is 0. The van der Waals surface area contributed by atoms with Crippen LogP contribution in [0.5, 0.6) is 0 Å². The quantitative estimate of drug-likeness (QED) is 0.135. The van der Waals surface area contributed by atoms with Crippen molar-refractivity contribution in [2.75, 3.05) is 9.80 Å². The van der Waals surface area contributed by atoms with E-state index in [1.165, 1.54) is 66.8 Å². The molecular weight excluding hydrogens is 845 g/mol. The van der Waals surface area contributed by atoms with Gasteiger partial charge in [0.2, 0.25) is 0 Å². The summed E-state index contributed by atoms with van der Waals surface area (Å²) in [5.41, 5.74) is 20.4. The Labute approximate surface area is 410 Å². The molecule has 14 rings (SSSR count). The molecule has 0 radical (unpaired) electrons. The number of rotatable bonds is 10. The van der Waals surface area contributed by atoms with Crippen LogP contribution in [0.3, 0.4) is 0 Å². The number of para-hydroxylation sites is 6. The maximum Gasteiger partial charge on any atom is 0.0711 e. The lowest BCUT2D eigenvalue weighted by Gasteiger charge is -2.57. The van der Waals surface area contributed by atoms with Gasteiger partial charge in [-0.05, 0) is 128 Å². The predicted octanol–water partition coefficient (Wildman–Crippen LogP) is 17.4. The second-order valence-electron chi connectivity index (χ2n) is 18.3. The van der Waals surface area contributed by atoms with Gasteiger partial charge in [0.05, 0.1) is 22.2 Å². The standard InChI is InChI=1S/C68H48N2/c1-7-25-51(26-8-1)67-59-39-21-22-40-60(59)68(52-27-9-2-10-28-52,62-46-44-49(47-63(62)67)57-37-19-23-41-65(57)69(53-29-11-3-12-30-53)54-31-13-4-14-32-54)64-48-50(43-45-61(64)67)58-38-20-24-42-66(58)70(55-33-15-5-16-34-55)56-35-17-6-18-36-56/h1-48H. The molecule has 3 aliphatic rings. The van der Waals surface area contributed by atoms with Gasteiger partial charge in [0.25, 0.3) is 0 Å². The van der Waals surface area contributed by atoms with Crippen molar-refractivity contribution in [3.8, 4) is 22.3 Å². The van der Waals surface area contributed by atoms with Crippen LogP contribution in [0.2, 0.25) is 0 Å². The summed E-state index contributed by atoms with van der Waals surface area (Å²) in [4.78, 5) is 4.78. The fourth-order valence-corrected chi connectivity index (χ4v) is 12.0. The number of nitrogens with zero attached hydrogens (tertiary/aromatic N) is 2. The van der Waals surface area contributed by atoms with Crippen molar-refractivity contribution in [1.29, 1.82) is 0 Å². The molecule has 2 nitrogen and oxygen atoms in total. The molecule has 0 fully saturated rings. The predicted molar refractivity (Wildman–Crippen MR) is 290 cm³/mol. The largest absolute Gasteiger partial charge is 0.310 e. The van der Waals surface area contributed by atoms with Crippen LogP contribution in [0, 0.1) is 0 Å². The monoisotopic (exact) mass is 892 g/mol. The van der Waals surface area contributed by atoms with E-state index in [2.05, 4.69) is 301 Å². The van der Waals surface area contributed by atoms with Crippen molar-refractivity contribution in [2.24, 2.45) is 0 Å². The summed E-state index contributed by atoms with van der Waals surface area (Å²) < 4.78 is 0. The van der Waals surface area contributed by atoms with Gasteiger partial charge in [0.1, 0.15) is 0 Å². The zero-order chi connectivity index (χ0) is 46.5. The second kappa shape index (κ2) is 17.0. The summed E-state index contributed by atoms with van der Waals surface area (Å²) in [6.07, 6.45) is 0. The van der Waals surface area contributed by atoms with Gasteiger partial charge in [0.15, 0.2) is 0 Å². The first-order chi connectivity index (χ1) is 34.8. The van der Waals surface area contributed by atoms with Gasteiger partial charge < -0.3 is 9.80 Å². The lowest BCUT2D eigenvalue weighted by atomic mass is 9.44. The van der Waals surface area contributed by atoms with Crippen molar-refractivity contribution >= 4 is 34.1 Å². The minimum absolute atomic E-state index is 0.638. The molecule has 0 saturated heterocycles. The van der Waals surface area contributed by atoms with E-state index in [1.54, 1.807) is 0 Å². The molecule has 2 unspecified atom stereocenters. The van der Waals surface area contributed by atoms with E-state index in [-0.39, 0.29) is 0 Å². The van der Waals surface area contributed by atoms with Gasteiger partial charge >= 0.3 is 0 Å². The average molecular weight is 893 g/mol. The molecule has 11 aromatic carbocycles. The molecule has 0 spiro atoms. The Bertz CT molecular complexity index is 3330. The average Bonchev–Trinajstić information content (AvgIpc) is 3.45. The van der Waals surface area contributed by atoms with E-state index >= 15 is 0 Å². The molecule has 3 aliphatic carbocycles. The van der Waals surface area contributed by atoms with E-state index in [0.29, 0.717) is 0 Å². The Kier molecular flexibility index (Phi) is 9.99. The first-order valence-electron chi connectivity index (χ1n) is 24.3. The van der Waals surface area contributed by atoms with Crippen molar-refractivity contribution in [1.82, 2.24) is 0 Å². The summed E-state index contributed by atoms with van der Waals surface area (Å²) >= 11 is 0. The third kappa shape index (κ3) is 6.27. The van der Waals surface area contributed by atoms with Gasteiger partial charge in [-0.2, -0.15) is 0 Å². The van der Waals surface area contributed by atoms with Crippen LogP contribution in [-0.2, 0) is 10.8 Å². The molecule has 330 valence electrons. The summed E-state index contributed by atoms with van der Waals surface area (Å²) in [5.74, 6) is 0. The van der Waals surface area contributed by atoms with E-state index in [1.807, 2.05) is 0 Å².